The van der Waals surface area contributed by atoms with Gasteiger partial charge in [-0.05, 0) is 23.8 Å². The second-order valence-electron chi connectivity index (χ2n) is 5.12. The Hall–Kier alpha value is -2.95. The van der Waals surface area contributed by atoms with Crippen LogP contribution in [0.3, 0.4) is 0 Å². The average molecular weight is 307 g/mol. The van der Waals surface area contributed by atoms with Gasteiger partial charge in [0.05, 0.1) is 12.7 Å². The zero-order chi connectivity index (χ0) is 16.1. The Balaban J connectivity index is 1.85. The first-order valence-corrected chi connectivity index (χ1v) is 7.34. The highest BCUT2D eigenvalue weighted by Crippen LogP contribution is 2.14. The van der Waals surface area contributed by atoms with Gasteiger partial charge in [-0.3, -0.25) is 4.98 Å². The number of aromatic nitrogens is 3. The number of hydrogen-bond donors (Lipinski definition) is 0. The number of ether oxygens (including phenoxy) is 1. The van der Waals surface area contributed by atoms with Crippen molar-refractivity contribution >= 4 is 5.97 Å². The van der Waals surface area contributed by atoms with E-state index in [4.69, 9.17) is 4.74 Å². The van der Waals surface area contributed by atoms with Gasteiger partial charge in [-0.2, -0.15) is 0 Å². The van der Waals surface area contributed by atoms with Crippen LogP contribution in [0.2, 0.25) is 0 Å². The van der Waals surface area contributed by atoms with Crippen LogP contribution < -0.4 is 0 Å². The molecule has 0 aliphatic carbocycles. The van der Waals surface area contributed by atoms with Gasteiger partial charge in [0.25, 0.3) is 0 Å². The van der Waals surface area contributed by atoms with Crippen LogP contribution in [0.4, 0.5) is 0 Å². The predicted octanol–water partition coefficient (Wildman–Crippen LogP) is 2.70. The fourth-order valence-electron chi connectivity index (χ4n) is 2.47. The molecule has 5 heteroatoms. The van der Waals surface area contributed by atoms with Crippen LogP contribution in [0.1, 0.15) is 27.4 Å². The van der Waals surface area contributed by atoms with E-state index in [-0.39, 0.29) is 5.97 Å². The molecular weight excluding hydrogens is 290 g/mol. The van der Waals surface area contributed by atoms with Gasteiger partial charge in [0.1, 0.15) is 5.82 Å². The first-order valence-electron chi connectivity index (χ1n) is 7.34. The van der Waals surface area contributed by atoms with E-state index in [0.29, 0.717) is 18.5 Å². The Morgan fingerprint density at radius 2 is 1.91 bits per heavy atom. The van der Waals surface area contributed by atoms with Crippen LogP contribution in [0, 0.1) is 0 Å². The summed E-state index contributed by atoms with van der Waals surface area (Å²) < 4.78 is 6.87. The van der Waals surface area contributed by atoms with Gasteiger partial charge in [0.15, 0.2) is 0 Å². The molecule has 0 amide bonds. The van der Waals surface area contributed by atoms with Crippen molar-refractivity contribution in [1.82, 2.24) is 14.5 Å². The number of nitrogens with zero attached hydrogens (tertiary/aromatic N) is 3. The number of benzene rings is 1. The molecule has 23 heavy (non-hydrogen) atoms. The number of rotatable bonds is 5. The normalized spacial score (nSPS) is 10.5. The maximum Gasteiger partial charge on any atom is 0.338 e. The van der Waals surface area contributed by atoms with Gasteiger partial charge in [-0.15, -0.1) is 0 Å². The van der Waals surface area contributed by atoms with Gasteiger partial charge in [-0.25, -0.2) is 9.78 Å². The maximum atomic E-state index is 11.9. The molecule has 0 radical (unpaired) electrons. The highest BCUT2D eigenvalue weighted by Gasteiger charge is 2.13. The Morgan fingerprint density at radius 1 is 1.09 bits per heavy atom. The Kier molecular flexibility index (Phi) is 4.47. The van der Waals surface area contributed by atoms with Gasteiger partial charge in [0.2, 0.25) is 0 Å². The fraction of sp³-hybridized carbons (Fsp3) is 0.167. The van der Waals surface area contributed by atoms with Crippen molar-refractivity contribution in [3.05, 3.63) is 83.7 Å². The highest BCUT2D eigenvalue weighted by atomic mass is 16.5. The van der Waals surface area contributed by atoms with Crippen molar-refractivity contribution < 1.29 is 9.53 Å². The zero-order valence-corrected chi connectivity index (χ0v) is 12.8. The lowest BCUT2D eigenvalue weighted by Crippen LogP contribution is -2.11. The first kappa shape index (κ1) is 15.0. The summed E-state index contributed by atoms with van der Waals surface area (Å²) in [7, 11) is 1.39. The molecular formula is C18H17N3O2. The van der Waals surface area contributed by atoms with E-state index in [1.807, 2.05) is 47.2 Å². The zero-order valence-electron chi connectivity index (χ0n) is 12.8. The highest BCUT2D eigenvalue weighted by molar-refractivity contribution is 5.90. The summed E-state index contributed by atoms with van der Waals surface area (Å²) in [4.78, 5) is 20.6. The monoisotopic (exact) mass is 307 g/mol. The fourth-order valence-corrected chi connectivity index (χ4v) is 2.47. The van der Waals surface area contributed by atoms with Crippen molar-refractivity contribution in [2.24, 2.45) is 0 Å². The van der Waals surface area contributed by atoms with E-state index in [1.165, 1.54) is 7.11 Å². The Labute approximate surface area is 134 Å². The van der Waals surface area contributed by atoms with E-state index >= 15 is 0 Å². The molecule has 5 nitrogen and oxygen atoms in total. The largest absolute Gasteiger partial charge is 0.465 e. The number of esters is 1. The molecule has 0 saturated carbocycles. The molecule has 0 unspecified atom stereocenters. The molecule has 0 bridgehead atoms. The Morgan fingerprint density at radius 3 is 2.70 bits per heavy atom. The van der Waals surface area contributed by atoms with Crippen LogP contribution in [-0.2, 0) is 17.7 Å². The lowest BCUT2D eigenvalue weighted by Gasteiger charge is -2.11. The minimum absolute atomic E-state index is 0.327. The third-order valence-electron chi connectivity index (χ3n) is 3.63. The summed E-state index contributed by atoms with van der Waals surface area (Å²) in [6.45, 7) is 0.563. The molecule has 2 heterocycles. The number of hydrogen-bond acceptors (Lipinski definition) is 4. The predicted molar refractivity (Wildman–Crippen MR) is 86.2 cm³/mol. The van der Waals surface area contributed by atoms with Crippen LogP contribution in [0.5, 0.6) is 0 Å². The number of carbonyl (C=O) groups is 1. The van der Waals surface area contributed by atoms with Crippen molar-refractivity contribution in [2.75, 3.05) is 7.11 Å². The molecule has 0 saturated heterocycles. The molecule has 0 N–H and O–H groups in total. The smallest absolute Gasteiger partial charge is 0.338 e. The molecule has 116 valence electrons. The van der Waals surface area contributed by atoms with Crippen LogP contribution in [0.25, 0.3) is 0 Å². The standard InChI is InChI=1S/C18H17N3O2/c1-23-18(22)16-8-3-2-6-14(16)13-21-11-10-20-17(21)12-15-7-4-5-9-19-15/h2-11H,12-13H2,1H3. The summed E-state index contributed by atoms with van der Waals surface area (Å²) in [6, 6.07) is 13.3. The van der Waals surface area contributed by atoms with E-state index in [0.717, 1.165) is 17.1 Å². The topological polar surface area (TPSA) is 57.0 Å². The first-order chi connectivity index (χ1) is 11.3. The quantitative estimate of drug-likeness (QED) is 0.680. The minimum atomic E-state index is -0.327. The summed E-state index contributed by atoms with van der Waals surface area (Å²) in [5.41, 5.74) is 2.44. The van der Waals surface area contributed by atoms with Crippen LogP contribution in [-0.4, -0.2) is 27.6 Å². The average Bonchev–Trinajstić information content (AvgIpc) is 3.02. The van der Waals surface area contributed by atoms with E-state index in [2.05, 4.69) is 9.97 Å². The molecule has 0 atom stereocenters. The number of carbonyl (C=O) groups excluding carboxylic acids is 1. The molecule has 1 aromatic carbocycles. The summed E-state index contributed by atoms with van der Waals surface area (Å²) >= 11 is 0. The third kappa shape index (κ3) is 3.45. The lowest BCUT2D eigenvalue weighted by molar-refractivity contribution is 0.0599. The van der Waals surface area contributed by atoms with E-state index in [9.17, 15) is 4.79 Å². The van der Waals surface area contributed by atoms with Gasteiger partial charge in [0, 0.05) is 37.3 Å². The number of imidazole rings is 1. The van der Waals surface area contributed by atoms with Gasteiger partial charge < -0.3 is 9.30 Å². The second kappa shape index (κ2) is 6.87. The van der Waals surface area contributed by atoms with E-state index < -0.39 is 0 Å². The van der Waals surface area contributed by atoms with Crippen molar-refractivity contribution in [3.8, 4) is 0 Å². The second-order valence-corrected chi connectivity index (χ2v) is 5.12. The number of methoxy groups -OCH3 is 1. The molecule has 3 rings (SSSR count). The SMILES string of the molecule is COC(=O)c1ccccc1Cn1ccnc1Cc1ccccn1. The minimum Gasteiger partial charge on any atom is -0.465 e. The van der Waals surface area contributed by atoms with Crippen LogP contribution in [0.15, 0.2) is 61.1 Å². The molecule has 0 aliphatic rings. The summed E-state index contributed by atoms with van der Waals surface area (Å²) in [6.07, 6.45) is 6.09. The van der Waals surface area contributed by atoms with Gasteiger partial charge in [-0.1, -0.05) is 24.3 Å². The van der Waals surface area contributed by atoms with Crippen molar-refractivity contribution in [2.45, 2.75) is 13.0 Å². The summed E-state index contributed by atoms with van der Waals surface area (Å²) in [5.74, 6) is 0.579. The van der Waals surface area contributed by atoms with E-state index in [1.54, 1.807) is 18.5 Å². The molecule has 3 aromatic rings. The van der Waals surface area contributed by atoms with Crippen molar-refractivity contribution in [1.29, 1.82) is 0 Å². The Bertz CT molecular complexity index is 797. The van der Waals surface area contributed by atoms with Crippen LogP contribution >= 0.6 is 0 Å². The molecule has 2 aromatic heterocycles. The lowest BCUT2D eigenvalue weighted by atomic mass is 10.1. The molecule has 0 aliphatic heterocycles. The maximum absolute atomic E-state index is 11.9. The number of pyridine rings is 1. The molecule has 0 fully saturated rings. The van der Waals surface area contributed by atoms with Gasteiger partial charge >= 0.3 is 5.97 Å². The van der Waals surface area contributed by atoms with Crippen molar-refractivity contribution in [3.63, 3.8) is 0 Å². The molecule has 0 spiro atoms. The summed E-state index contributed by atoms with van der Waals surface area (Å²) in [5, 5.41) is 0. The third-order valence-corrected chi connectivity index (χ3v) is 3.63.